The number of halogens is 1. The fourth-order valence-corrected chi connectivity index (χ4v) is 2.76. The van der Waals surface area contributed by atoms with Crippen molar-refractivity contribution in [3.05, 3.63) is 28.8 Å². The van der Waals surface area contributed by atoms with Gasteiger partial charge in [0.25, 0.3) is 0 Å². The molecule has 1 aliphatic heterocycles. The Morgan fingerprint density at radius 1 is 1.48 bits per heavy atom. The van der Waals surface area contributed by atoms with Gasteiger partial charge in [-0.1, -0.05) is 24.9 Å². The Balaban J connectivity index is 2.12. The molecule has 114 valence electrons. The average molecular weight is 311 g/mol. The number of urea groups is 1. The lowest BCUT2D eigenvalue weighted by atomic mass is 9.96. The van der Waals surface area contributed by atoms with Gasteiger partial charge < -0.3 is 15.3 Å². The molecule has 1 aliphatic rings. The smallest absolute Gasteiger partial charge is 0.337 e. The summed E-state index contributed by atoms with van der Waals surface area (Å²) in [6, 6.07) is 4.09. The molecule has 2 N–H and O–H groups in total. The molecule has 0 saturated carbocycles. The van der Waals surface area contributed by atoms with Crippen molar-refractivity contribution in [2.24, 2.45) is 5.92 Å². The normalized spacial score (nSPS) is 18.4. The summed E-state index contributed by atoms with van der Waals surface area (Å²) >= 11 is 5.88. The number of hydrogen-bond donors (Lipinski definition) is 2. The molecular formula is C15H19ClN2O3. The topological polar surface area (TPSA) is 69.6 Å². The van der Waals surface area contributed by atoms with Crippen LogP contribution in [0, 0.1) is 5.92 Å². The number of likely N-dealkylation sites (tertiary alicyclic amines) is 1. The Bertz CT molecular complexity index is 548. The SMILES string of the molecule is CCC1CCCN(C(=O)Nc2cc(Cl)ccc2C(=O)O)C1. The van der Waals surface area contributed by atoms with E-state index in [2.05, 4.69) is 12.2 Å². The van der Waals surface area contributed by atoms with Crippen LogP contribution in [-0.4, -0.2) is 35.1 Å². The molecule has 2 amide bonds. The van der Waals surface area contributed by atoms with Crippen molar-refractivity contribution < 1.29 is 14.7 Å². The van der Waals surface area contributed by atoms with Gasteiger partial charge in [0.05, 0.1) is 11.3 Å². The second-order valence-corrected chi connectivity index (χ2v) is 5.72. The van der Waals surface area contributed by atoms with E-state index >= 15 is 0 Å². The molecular weight excluding hydrogens is 292 g/mol. The van der Waals surface area contributed by atoms with Crippen LogP contribution in [0.25, 0.3) is 0 Å². The number of carboxylic acid groups (broad SMARTS) is 1. The van der Waals surface area contributed by atoms with E-state index in [-0.39, 0.29) is 17.3 Å². The summed E-state index contributed by atoms with van der Waals surface area (Å²) in [4.78, 5) is 25.2. The van der Waals surface area contributed by atoms with E-state index in [4.69, 9.17) is 16.7 Å². The summed E-state index contributed by atoms with van der Waals surface area (Å²) in [5.41, 5.74) is 0.274. The van der Waals surface area contributed by atoms with Crippen molar-refractivity contribution in [3.63, 3.8) is 0 Å². The van der Waals surface area contributed by atoms with Crippen LogP contribution in [0.1, 0.15) is 36.5 Å². The average Bonchev–Trinajstić information content (AvgIpc) is 2.47. The monoisotopic (exact) mass is 310 g/mol. The van der Waals surface area contributed by atoms with E-state index < -0.39 is 5.97 Å². The predicted octanol–water partition coefficient (Wildman–Crippen LogP) is 3.69. The number of carbonyl (C=O) groups is 2. The fraction of sp³-hybridized carbons (Fsp3) is 0.467. The lowest BCUT2D eigenvalue weighted by Gasteiger charge is -2.32. The highest BCUT2D eigenvalue weighted by atomic mass is 35.5. The maximum atomic E-state index is 12.3. The van der Waals surface area contributed by atoms with E-state index in [1.165, 1.54) is 18.2 Å². The summed E-state index contributed by atoms with van der Waals surface area (Å²) in [5.74, 6) is -0.574. The van der Waals surface area contributed by atoms with Crippen molar-refractivity contribution in [1.29, 1.82) is 0 Å². The van der Waals surface area contributed by atoms with E-state index in [0.29, 0.717) is 24.0 Å². The molecule has 1 unspecified atom stereocenters. The minimum absolute atomic E-state index is 0.0387. The number of amides is 2. The largest absolute Gasteiger partial charge is 0.478 e. The van der Waals surface area contributed by atoms with E-state index in [9.17, 15) is 9.59 Å². The first-order valence-electron chi connectivity index (χ1n) is 7.10. The van der Waals surface area contributed by atoms with Crippen molar-refractivity contribution >= 4 is 29.3 Å². The predicted molar refractivity (Wildman–Crippen MR) is 82.0 cm³/mol. The molecule has 1 fully saturated rings. The number of aromatic carboxylic acids is 1. The fourth-order valence-electron chi connectivity index (χ4n) is 2.58. The third-order valence-electron chi connectivity index (χ3n) is 3.84. The summed E-state index contributed by atoms with van der Waals surface area (Å²) in [6.07, 6.45) is 3.16. The number of anilines is 1. The molecule has 0 aromatic heterocycles. The standard InChI is InChI=1S/C15H19ClN2O3/c1-2-10-4-3-7-18(9-10)15(21)17-13-8-11(16)5-6-12(13)14(19)20/h5-6,8,10H,2-4,7,9H2,1H3,(H,17,21)(H,19,20). The Kier molecular flexibility index (Phi) is 5.07. The zero-order chi connectivity index (χ0) is 15.4. The molecule has 1 heterocycles. The van der Waals surface area contributed by atoms with Crippen LogP contribution in [-0.2, 0) is 0 Å². The highest BCUT2D eigenvalue weighted by Gasteiger charge is 2.23. The van der Waals surface area contributed by atoms with Crippen LogP contribution in [0.15, 0.2) is 18.2 Å². The third-order valence-corrected chi connectivity index (χ3v) is 4.07. The Hall–Kier alpha value is -1.75. The highest BCUT2D eigenvalue weighted by Crippen LogP contribution is 2.23. The summed E-state index contributed by atoms with van der Waals surface area (Å²) in [7, 11) is 0. The van der Waals surface area contributed by atoms with Gasteiger partial charge in [-0.2, -0.15) is 0 Å². The number of rotatable bonds is 3. The van der Waals surface area contributed by atoms with E-state index in [0.717, 1.165) is 19.3 Å². The molecule has 0 spiro atoms. The van der Waals surface area contributed by atoms with Gasteiger partial charge in [-0.25, -0.2) is 9.59 Å². The number of carboxylic acids is 1. The second-order valence-electron chi connectivity index (χ2n) is 5.29. The first-order chi connectivity index (χ1) is 10.0. The van der Waals surface area contributed by atoms with Crippen molar-refractivity contribution in [2.45, 2.75) is 26.2 Å². The molecule has 6 heteroatoms. The Labute approximate surface area is 128 Å². The first-order valence-corrected chi connectivity index (χ1v) is 7.47. The van der Waals surface area contributed by atoms with Gasteiger partial charge in [-0.15, -0.1) is 0 Å². The first kappa shape index (κ1) is 15.6. The minimum Gasteiger partial charge on any atom is -0.478 e. The van der Waals surface area contributed by atoms with Gasteiger partial charge in [-0.05, 0) is 37.0 Å². The van der Waals surface area contributed by atoms with E-state index in [1.807, 2.05) is 0 Å². The molecule has 0 aliphatic carbocycles. The quantitative estimate of drug-likeness (QED) is 0.894. The molecule has 1 atom stereocenters. The zero-order valence-electron chi connectivity index (χ0n) is 11.9. The van der Waals surface area contributed by atoms with Crippen LogP contribution in [0.4, 0.5) is 10.5 Å². The van der Waals surface area contributed by atoms with Gasteiger partial charge in [0, 0.05) is 18.1 Å². The van der Waals surface area contributed by atoms with Gasteiger partial charge in [0.15, 0.2) is 0 Å². The number of hydrogen-bond acceptors (Lipinski definition) is 2. The molecule has 2 rings (SSSR count). The Morgan fingerprint density at radius 2 is 2.24 bits per heavy atom. The summed E-state index contributed by atoms with van der Waals surface area (Å²) < 4.78 is 0. The molecule has 1 saturated heterocycles. The summed E-state index contributed by atoms with van der Waals surface area (Å²) in [5, 5.41) is 12.2. The van der Waals surface area contributed by atoms with Gasteiger partial charge in [-0.3, -0.25) is 0 Å². The maximum absolute atomic E-state index is 12.3. The minimum atomic E-state index is -1.09. The van der Waals surface area contributed by atoms with Crippen LogP contribution in [0.5, 0.6) is 0 Å². The molecule has 0 bridgehead atoms. The third kappa shape index (κ3) is 3.88. The van der Waals surface area contributed by atoms with Crippen molar-refractivity contribution in [2.75, 3.05) is 18.4 Å². The number of benzene rings is 1. The van der Waals surface area contributed by atoms with Gasteiger partial charge in [0.1, 0.15) is 0 Å². The van der Waals surface area contributed by atoms with Crippen LogP contribution >= 0.6 is 11.6 Å². The molecule has 1 aromatic carbocycles. The van der Waals surface area contributed by atoms with Crippen molar-refractivity contribution in [3.8, 4) is 0 Å². The zero-order valence-corrected chi connectivity index (χ0v) is 12.7. The van der Waals surface area contributed by atoms with Gasteiger partial charge in [0.2, 0.25) is 0 Å². The molecule has 0 radical (unpaired) electrons. The molecule has 5 nitrogen and oxygen atoms in total. The summed E-state index contributed by atoms with van der Waals surface area (Å²) in [6.45, 7) is 3.53. The Morgan fingerprint density at radius 3 is 2.90 bits per heavy atom. The lowest BCUT2D eigenvalue weighted by molar-refractivity contribution is 0.0698. The highest BCUT2D eigenvalue weighted by molar-refractivity contribution is 6.31. The van der Waals surface area contributed by atoms with Crippen molar-refractivity contribution in [1.82, 2.24) is 4.90 Å². The second kappa shape index (κ2) is 6.80. The van der Waals surface area contributed by atoms with Crippen LogP contribution in [0.3, 0.4) is 0 Å². The van der Waals surface area contributed by atoms with Gasteiger partial charge >= 0.3 is 12.0 Å². The lowest BCUT2D eigenvalue weighted by Crippen LogP contribution is -2.42. The van der Waals surface area contributed by atoms with Crippen LogP contribution in [0.2, 0.25) is 5.02 Å². The number of carbonyl (C=O) groups excluding carboxylic acids is 1. The molecule has 21 heavy (non-hydrogen) atoms. The number of nitrogens with one attached hydrogen (secondary N) is 1. The van der Waals surface area contributed by atoms with Crippen LogP contribution < -0.4 is 5.32 Å². The van der Waals surface area contributed by atoms with E-state index in [1.54, 1.807) is 4.90 Å². The number of piperidine rings is 1. The maximum Gasteiger partial charge on any atom is 0.337 e. The molecule has 1 aromatic rings. The number of nitrogens with zero attached hydrogens (tertiary/aromatic N) is 1.